The molecule has 104 valence electrons. The predicted octanol–water partition coefficient (Wildman–Crippen LogP) is 4.06. The topological polar surface area (TPSA) is 21.3 Å². The van der Waals surface area contributed by atoms with Crippen molar-refractivity contribution in [3.05, 3.63) is 58.7 Å². The van der Waals surface area contributed by atoms with Crippen LogP contribution in [0.5, 0.6) is 5.75 Å². The zero-order valence-electron chi connectivity index (χ0n) is 12.4. The summed E-state index contributed by atoms with van der Waals surface area (Å²) in [5.74, 6) is 1.49. The van der Waals surface area contributed by atoms with E-state index in [2.05, 4.69) is 55.6 Å². The van der Waals surface area contributed by atoms with Gasteiger partial charge in [-0.25, -0.2) is 0 Å². The maximum absolute atomic E-state index is 5.62. The number of hydrogen-bond donors (Lipinski definition) is 1. The summed E-state index contributed by atoms with van der Waals surface area (Å²) < 4.78 is 5.62. The average Bonchev–Trinajstić information content (AvgIpc) is 2.46. The van der Waals surface area contributed by atoms with Crippen molar-refractivity contribution < 1.29 is 4.74 Å². The highest BCUT2D eigenvalue weighted by Gasteiger charge is 2.23. The largest absolute Gasteiger partial charge is 0.496 e. The fourth-order valence-corrected chi connectivity index (χ4v) is 3.28. The third-order valence-electron chi connectivity index (χ3n) is 4.14. The van der Waals surface area contributed by atoms with Gasteiger partial charge in [-0.15, -0.1) is 0 Å². The van der Waals surface area contributed by atoms with E-state index in [1.54, 1.807) is 7.11 Å². The molecule has 2 aromatic rings. The van der Waals surface area contributed by atoms with Gasteiger partial charge >= 0.3 is 0 Å². The number of ether oxygens (including phenoxy) is 1. The first-order chi connectivity index (χ1) is 9.69. The van der Waals surface area contributed by atoms with Gasteiger partial charge in [-0.05, 0) is 49.1 Å². The van der Waals surface area contributed by atoms with Crippen LogP contribution in [0.2, 0.25) is 0 Å². The molecule has 2 heteroatoms. The molecule has 1 aliphatic heterocycles. The summed E-state index contributed by atoms with van der Waals surface area (Å²) in [5, 5.41) is 3.55. The van der Waals surface area contributed by atoms with Crippen molar-refractivity contribution in [2.45, 2.75) is 26.2 Å². The van der Waals surface area contributed by atoms with E-state index in [-0.39, 0.29) is 0 Å². The second-order valence-electron chi connectivity index (χ2n) is 5.64. The Morgan fingerprint density at radius 1 is 1.15 bits per heavy atom. The van der Waals surface area contributed by atoms with Crippen LogP contribution >= 0.6 is 0 Å². The minimum Gasteiger partial charge on any atom is -0.496 e. The summed E-state index contributed by atoms with van der Waals surface area (Å²) in [6.45, 7) is 5.27. The second kappa shape index (κ2) is 5.20. The highest BCUT2D eigenvalue weighted by molar-refractivity contribution is 5.56. The van der Waals surface area contributed by atoms with Gasteiger partial charge in [0.15, 0.2) is 0 Å². The molecule has 1 unspecified atom stereocenters. The maximum atomic E-state index is 5.62. The van der Waals surface area contributed by atoms with Gasteiger partial charge in [-0.3, -0.25) is 0 Å². The molecule has 0 radical (unpaired) electrons. The summed E-state index contributed by atoms with van der Waals surface area (Å²) in [7, 11) is 1.77. The number of fused-ring (bicyclic) bond motifs is 1. The number of methoxy groups -OCH3 is 1. The lowest BCUT2D eigenvalue weighted by Crippen LogP contribution is -2.22. The Hall–Kier alpha value is -1.96. The van der Waals surface area contributed by atoms with Crippen LogP contribution in [0.15, 0.2) is 36.4 Å². The molecular weight excluding hydrogens is 246 g/mol. The molecule has 0 saturated carbocycles. The van der Waals surface area contributed by atoms with Crippen LogP contribution in [0.25, 0.3) is 0 Å². The van der Waals surface area contributed by atoms with Crippen molar-refractivity contribution in [1.82, 2.24) is 0 Å². The first kappa shape index (κ1) is 13.0. The van der Waals surface area contributed by atoms with Crippen LogP contribution in [0.1, 0.15) is 28.2 Å². The standard InChI is InChI=1S/C18H21NO/c1-12-8-13(2)18(17(9-12)20-3)15-10-14-6-4-5-7-16(14)19-11-15/h4-9,15,19H,10-11H2,1-3H3. The molecule has 20 heavy (non-hydrogen) atoms. The molecule has 0 bridgehead atoms. The highest BCUT2D eigenvalue weighted by Crippen LogP contribution is 2.37. The molecule has 1 atom stereocenters. The molecule has 3 rings (SSSR count). The SMILES string of the molecule is COc1cc(C)cc(C)c1C1CNc2ccccc2C1. The molecule has 1 aliphatic rings. The zero-order chi connectivity index (χ0) is 14.1. The van der Waals surface area contributed by atoms with Crippen LogP contribution in [-0.2, 0) is 6.42 Å². The third kappa shape index (κ3) is 2.26. The van der Waals surface area contributed by atoms with Crippen molar-refractivity contribution in [1.29, 1.82) is 0 Å². The van der Waals surface area contributed by atoms with E-state index in [9.17, 15) is 0 Å². The van der Waals surface area contributed by atoms with Gasteiger partial charge in [0, 0.05) is 23.7 Å². The molecule has 2 nitrogen and oxygen atoms in total. The minimum absolute atomic E-state index is 0.473. The number of benzene rings is 2. The Bertz CT molecular complexity index is 633. The number of para-hydroxylation sites is 1. The summed E-state index contributed by atoms with van der Waals surface area (Å²) in [6, 6.07) is 13.0. The van der Waals surface area contributed by atoms with Gasteiger partial charge in [0.2, 0.25) is 0 Å². The molecule has 0 aliphatic carbocycles. The first-order valence-corrected chi connectivity index (χ1v) is 7.16. The lowest BCUT2D eigenvalue weighted by Gasteiger charge is -2.29. The highest BCUT2D eigenvalue weighted by atomic mass is 16.5. The molecule has 0 spiro atoms. The van der Waals surface area contributed by atoms with E-state index < -0.39 is 0 Å². The van der Waals surface area contributed by atoms with E-state index in [1.165, 1.54) is 27.9 Å². The van der Waals surface area contributed by atoms with E-state index in [4.69, 9.17) is 4.74 Å². The number of anilines is 1. The molecule has 2 aromatic carbocycles. The molecule has 0 saturated heterocycles. The van der Waals surface area contributed by atoms with Crippen molar-refractivity contribution in [2.24, 2.45) is 0 Å². The van der Waals surface area contributed by atoms with E-state index in [0.29, 0.717) is 5.92 Å². The number of aryl methyl sites for hydroxylation is 2. The Kier molecular flexibility index (Phi) is 3.39. The number of hydrogen-bond acceptors (Lipinski definition) is 2. The molecule has 1 heterocycles. The van der Waals surface area contributed by atoms with E-state index >= 15 is 0 Å². The van der Waals surface area contributed by atoms with Gasteiger partial charge in [0.25, 0.3) is 0 Å². The fourth-order valence-electron chi connectivity index (χ4n) is 3.28. The molecule has 1 N–H and O–H groups in total. The smallest absolute Gasteiger partial charge is 0.122 e. The van der Waals surface area contributed by atoms with Gasteiger partial charge in [-0.1, -0.05) is 24.3 Å². The Morgan fingerprint density at radius 2 is 1.95 bits per heavy atom. The van der Waals surface area contributed by atoms with Crippen LogP contribution in [-0.4, -0.2) is 13.7 Å². The maximum Gasteiger partial charge on any atom is 0.122 e. The number of rotatable bonds is 2. The average molecular weight is 267 g/mol. The lowest BCUT2D eigenvalue weighted by molar-refractivity contribution is 0.404. The summed E-state index contributed by atoms with van der Waals surface area (Å²) in [4.78, 5) is 0. The van der Waals surface area contributed by atoms with Crippen LogP contribution in [0, 0.1) is 13.8 Å². The van der Waals surface area contributed by atoms with Crippen LogP contribution < -0.4 is 10.1 Å². The minimum atomic E-state index is 0.473. The van der Waals surface area contributed by atoms with Gasteiger partial charge < -0.3 is 10.1 Å². The van der Waals surface area contributed by atoms with Crippen molar-refractivity contribution in [3.8, 4) is 5.75 Å². The predicted molar refractivity (Wildman–Crippen MR) is 83.8 cm³/mol. The van der Waals surface area contributed by atoms with Crippen LogP contribution in [0.3, 0.4) is 0 Å². The van der Waals surface area contributed by atoms with Gasteiger partial charge in [0.1, 0.15) is 5.75 Å². The Morgan fingerprint density at radius 3 is 2.75 bits per heavy atom. The lowest BCUT2D eigenvalue weighted by atomic mass is 9.85. The van der Waals surface area contributed by atoms with E-state index in [0.717, 1.165) is 18.7 Å². The summed E-state index contributed by atoms with van der Waals surface area (Å²) in [5.41, 5.74) is 6.60. The van der Waals surface area contributed by atoms with Gasteiger partial charge in [-0.2, -0.15) is 0 Å². The Labute approximate surface area is 120 Å². The van der Waals surface area contributed by atoms with Gasteiger partial charge in [0.05, 0.1) is 7.11 Å². The first-order valence-electron chi connectivity index (χ1n) is 7.16. The fraction of sp³-hybridized carbons (Fsp3) is 0.333. The van der Waals surface area contributed by atoms with E-state index in [1.807, 2.05) is 0 Å². The third-order valence-corrected chi connectivity index (χ3v) is 4.14. The van der Waals surface area contributed by atoms with Crippen molar-refractivity contribution in [2.75, 3.05) is 19.0 Å². The molecule has 0 fully saturated rings. The molecule has 0 aromatic heterocycles. The number of nitrogens with one attached hydrogen (secondary N) is 1. The molecular formula is C18H21NO. The molecule has 0 amide bonds. The zero-order valence-corrected chi connectivity index (χ0v) is 12.4. The van der Waals surface area contributed by atoms with Crippen LogP contribution in [0.4, 0.5) is 5.69 Å². The quantitative estimate of drug-likeness (QED) is 0.885. The van der Waals surface area contributed by atoms with Crippen molar-refractivity contribution >= 4 is 5.69 Å². The monoisotopic (exact) mass is 267 g/mol. The summed E-state index contributed by atoms with van der Waals surface area (Å²) >= 11 is 0. The second-order valence-corrected chi connectivity index (χ2v) is 5.64. The van der Waals surface area contributed by atoms with Crippen molar-refractivity contribution in [3.63, 3.8) is 0 Å². The Balaban J connectivity index is 1.99. The summed E-state index contributed by atoms with van der Waals surface area (Å²) in [6.07, 6.45) is 1.07. The normalized spacial score (nSPS) is 17.2.